The second kappa shape index (κ2) is 7.76. The van der Waals surface area contributed by atoms with Gasteiger partial charge in [0.05, 0.1) is 6.04 Å². The topological polar surface area (TPSA) is 68.6 Å². The van der Waals surface area contributed by atoms with E-state index < -0.39 is 0 Å². The molecule has 0 aromatic heterocycles. The van der Waals surface area contributed by atoms with E-state index in [4.69, 9.17) is 5.41 Å². The van der Waals surface area contributed by atoms with Crippen LogP contribution in [0.1, 0.15) is 19.8 Å². The molecule has 1 saturated heterocycles. The average molecular weight is 250 g/mol. The third kappa shape index (κ3) is 4.07. The van der Waals surface area contributed by atoms with E-state index in [9.17, 15) is 4.79 Å². The number of nitrogens with one attached hydrogen (secondary N) is 2. The van der Waals surface area contributed by atoms with Crippen molar-refractivity contribution < 1.29 is 4.79 Å². The summed E-state index contributed by atoms with van der Waals surface area (Å²) < 4.78 is 0. The van der Waals surface area contributed by atoms with Gasteiger partial charge in [-0.25, -0.2) is 4.99 Å². The summed E-state index contributed by atoms with van der Waals surface area (Å²) in [6, 6.07) is -0.0730. The molecule has 1 fully saturated rings. The zero-order valence-electron chi connectivity index (χ0n) is 11.1. The first kappa shape index (κ1) is 14.6. The van der Waals surface area contributed by atoms with Gasteiger partial charge in [0, 0.05) is 19.3 Å². The van der Waals surface area contributed by atoms with Crippen LogP contribution < -0.4 is 5.32 Å². The fourth-order valence-corrected chi connectivity index (χ4v) is 2.25. The summed E-state index contributed by atoms with van der Waals surface area (Å²) in [6.07, 6.45) is 8.32. The molecule has 0 spiro atoms. The maximum Gasteiger partial charge on any atom is 0.240 e. The first-order valence-corrected chi connectivity index (χ1v) is 6.34. The SMILES string of the molecule is CNC1C(=O)N(C/C=C/C=N\C=N)CCCC1C. The zero-order chi connectivity index (χ0) is 13.4. The molecule has 0 saturated carbocycles. The molecule has 18 heavy (non-hydrogen) atoms. The third-order valence-electron chi connectivity index (χ3n) is 3.25. The lowest BCUT2D eigenvalue weighted by Gasteiger charge is -2.25. The van der Waals surface area contributed by atoms with Gasteiger partial charge in [-0.05, 0) is 31.9 Å². The molecule has 1 rings (SSSR count). The first-order chi connectivity index (χ1) is 8.70. The van der Waals surface area contributed by atoms with Gasteiger partial charge >= 0.3 is 0 Å². The number of amides is 1. The number of allylic oxidation sites excluding steroid dienone is 1. The Balaban J connectivity index is 2.58. The van der Waals surface area contributed by atoms with E-state index in [1.165, 1.54) is 0 Å². The molecule has 2 N–H and O–H groups in total. The number of hydrogen-bond acceptors (Lipinski definition) is 3. The molecule has 100 valence electrons. The lowest BCUT2D eigenvalue weighted by molar-refractivity contribution is -0.133. The van der Waals surface area contributed by atoms with E-state index in [2.05, 4.69) is 17.2 Å². The van der Waals surface area contributed by atoms with Gasteiger partial charge in [-0.1, -0.05) is 13.0 Å². The van der Waals surface area contributed by atoms with Crippen molar-refractivity contribution in [2.24, 2.45) is 10.9 Å². The molecular weight excluding hydrogens is 228 g/mol. The van der Waals surface area contributed by atoms with E-state index in [1.807, 2.05) is 18.0 Å². The number of carbonyl (C=O) groups excluding carboxylic acids is 1. The van der Waals surface area contributed by atoms with Crippen LogP contribution in [0, 0.1) is 11.3 Å². The van der Waals surface area contributed by atoms with E-state index in [0.29, 0.717) is 12.5 Å². The van der Waals surface area contributed by atoms with Gasteiger partial charge in [0.15, 0.2) is 0 Å². The van der Waals surface area contributed by atoms with Crippen LogP contribution >= 0.6 is 0 Å². The van der Waals surface area contributed by atoms with Crippen LogP contribution in [0.4, 0.5) is 0 Å². The standard InChI is InChI=1S/C13H22N4O/c1-11-6-5-9-17(13(18)12(11)15-2)8-4-3-7-16-10-14/h3-4,7,10-12,14-15H,5-6,8-9H2,1-2H3/b4-3+,14-10?,16-7-. The van der Waals surface area contributed by atoms with E-state index >= 15 is 0 Å². The van der Waals surface area contributed by atoms with Gasteiger partial charge in [0.2, 0.25) is 5.91 Å². The first-order valence-electron chi connectivity index (χ1n) is 6.34. The molecule has 1 heterocycles. The van der Waals surface area contributed by atoms with Crippen LogP contribution in [0.5, 0.6) is 0 Å². The highest BCUT2D eigenvalue weighted by Crippen LogP contribution is 2.18. The fourth-order valence-electron chi connectivity index (χ4n) is 2.25. The minimum atomic E-state index is -0.0730. The molecule has 0 aromatic carbocycles. The molecular formula is C13H22N4O. The predicted octanol–water partition coefficient (Wildman–Crippen LogP) is 1.07. The average Bonchev–Trinajstić information content (AvgIpc) is 2.49. The Labute approximate surface area is 108 Å². The van der Waals surface area contributed by atoms with Gasteiger partial charge in [-0.3, -0.25) is 10.2 Å². The Morgan fingerprint density at radius 2 is 2.39 bits per heavy atom. The molecule has 0 aliphatic carbocycles. The van der Waals surface area contributed by atoms with Crippen molar-refractivity contribution in [2.45, 2.75) is 25.8 Å². The number of likely N-dealkylation sites (N-methyl/N-ethyl adjacent to an activating group) is 1. The van der Waals surface area contributed by atoms with Crippen LogP contribution in [0.25, 0.3) is 0 Å². The highest BCUT2D eigenvalue weighted by molar-refractivity contribution is 5.83. The molecule has 2 atom stereocenters. The van der Waals surface area contributed by atoms with Crippen molar-refractivity contribution in [3.8, 4) is 0 Å². The zero-order valence-corrected chi connectivity index (χ0v) is 11.1. The van der Waals surface area contributed by atoms with Gasteiger partial charge in [0.1, 0.15) is 6.34 Å². The highest BCUT2D eigenvalue weighted by atomic mass is 16.2. The van der Waals surface area contributed by atoms with Crippen LogP contribution in [0.15, 0.2) is 17.1 Å². The van der Waals surface area contributed by atoms with Crippen LogP contribution in [0.2, 0.25) is 0 Å². The molecule has 5 nitrogen and oxygen atoms in total. The van der Waals surface area contributed by atoms with Gasteiger partial charge in [-0.15, -0.1) is 0 Å². The molecule has 0 radical (unpaired) electrons. The lowest BCUT2D eigenvalue weighted by Crippen LogP contribution is -2.46. The Morgan fingerprint density at radius 1 is 1.61 bits per heavy atom. The van der Waals surface area contributed by atoms with E-state index in [-0.39, 0.29) is 11.9 Å². The number of aliphatic imine (C=N–C) groups is 1. The maximum atomic E-state index is 12.3. The van der Waals surface area contributed by atoms with E-state index in [0.717, 1.165) is 25.7 Å². The second-order valence-corrected chi connectivity index (χ2v) is 4.53. The third-order valence-corrected chi connectivity index (χ3v) is 3.25. The summed E-state index contributed by atoms with van der Waals surface area (Å²) in [7, 11) is 1.84. The Hall–Kier alpha value is -1.49. The number of carbonyl (C=O) groups is 1. The van der Waals surface area contributed by atoms with Gasteiger partial charge in [0.25, 0.3) is 0 Å². The molecule has 1 aliphatic rings. The van der Waals surface area contributed by atoms with Crippen LogP contribution in [-0.4, -0.2) is 49.5 Å². The summed E-state index contributed by atoms with van der Waals surface area (Å²) in [4.78, 5) is 17.8. The van der Waals surface area contributed by atoms with Crippen molar-refractivity contribution in [1.29, 1.82) is 5.41 Å². The Kier molecular flexibility index (Phi) is 6.28. The number of likely N-dealkylation sites (tertiary alicyclic amines) is 1. The normalized spacial score (nSPS) is 25.9. The Bertz CT molecular complexity index is 338. The van der Waals surface area contributed by atoms with Gasteiger partial charge in [-0.2, -0.15) is 0 Å². The monoisotopic (exact) mass is 250 g/mol. The molecule has 0 bridgehead atoms. The molecule has 2 unspecified atom stereocenters. The highest BCUT2D eigenvalue weighted by Gasteiger charge is 2.29. The molecule has 1 amide bonds. The molecule has 0 aromatic rings. The van der Waals surface area contributed by atoms with Crippen molar-refractivity contribution in [3.05, 3.63) is 12.2 Å². The summed E-state index contributed by atoms with van der Waals surface area (Å²) in [5.74, 6) is 0.562. The van der Waals surface area contributed by atoms with Crippen LogP contribution in [0.3, 0.4) is 0 Å². The molecule has 1 aliphatic heterocycles. The molecule has 5 heteroatoms. The quantitative estimate of drug-likeness (QED) is 0.566. The van der Waals surface area contributed by atoms with Crippen molar-refractivity contribution >= 4 is 18.5 Å². The fraction of sp³-hybridized carbons (Fsp3) is 0.615. The van der Waals surface area contributed by atoms with Crippen molar-refractivity contribution in [1.82, 2.24) is 10.2 Å². The minimum absolute atomic E-state index is 0.0730. The number of rotatable bonds is 5. The smallest absolute Gasteiger partial charge is 0.240 e. The van der Waals surface area contributed by atoms with Crippen molar-refractivity contribution in [2.75, 3.05) is 20.1 Å². The number of nitrogens with zero attached hydrogens (tertiary/aromatic N) is 2. The van der Waals surface area contributed by atoms with E-state index in [1.54, 1.807) is 12.3 Å². The van der Waals surface area contributed by atoms with Crippen molar-refractivity contribution in [3.63, 3.8) is 0 Å². The maximum absolute atomic E-state index is 12.3. The summed E-state index contributed by atoms with van der Waals surface area (Å²) in [5.41, 5.74) is 0. The largest absolute Gasteiger partial charge is 0.338 e. The summed E-state index contributed by atoms with van der Waals surface area (Å²) >= 11 is 0. The second-order valence-electron chi connectivity index (χ2n) is 4.53. The lowest BCUT2D eigenvalue weighted by atomic mass is 9.98. The minimum Gasteiger partial charge on any atom is -0.338 e. The van der Waals surface area contributed by atoms with Crippen LogP contribution in [-0.2, 0) is 4.79 Å². The number of hydrogen-bond donors (Lipinski definition) is 2. The van der Waals surface area contributed by atoms with Gasteiger partial charge < -0.3 is 10.2 Å². The summed E-state index contributed by atoms with van der Waals surface area (Å²) in [5, 5.41) is 9.85. The predicted molar refractivity (Wildman–Crippen MR) is 74.2 cm³/mol. The Morgan fingerprint density at radius 3 is 3.06 bits per heavy atom. The summed E-state index contributed by atoms with van der Waals surface area (Å²) in [6.45, 7) is 3.54.